The third-order valence-electron chi connectivity index (χ3n) is 2.28. The Kier molecular flexibility index (Phi) is 2.84. The van der Waals surface area contributed by atoms with E-state index in [0.29, 0.717) is 6.61 Å². The van der Waals surface area contributed by atoms with Crippen molar-refractivity contribution in [3.05, 3.63) is 21.4 Å². The topological polar surface area (TPSA) is 38.3 Å². The van der Waals surface area contributed by atoms with Crippen LogP contribution in [-0.2, 0) is 17.7 Å². The molecule has 0 radical (unpaired) electrons. The normalized spacial score (nSPS) is 14.1. The van der Waals surface area contributed by atoms with E-state index in [1.807, 2.05) is 13.0 Å². The molecule has 1 aromatic rings. The average molecular weight is 211 g/mol. The molecular formula is C10H13NO2S. The Morgan fingerprint density at radius 1 is 1.64 bits per heavy atom. The number of thiophene rings is 1. The molecular weight excluding hydrogens is 198 g/mol. The monoisotopic (exact) mass is 211 g/mol. The number of carbonyl (C=O) groups is 1. The highest BCUT2D eigenvalue weighted by molar-refractivity contribution is 7.14. The predicted molar refractivity (Wildman–Crippen MR) is 55.4 cm³/mol. The van der Waals surface area contributed by atoms with Crippen molar-refractivity contribution in [2.45, 2.75) is 26.2 Å². The van der Waals surface area contributed by atoms with Crippen molar-refractivity contribution in [2.24, 2.45) is 0 Å². The van der Waals surface area contributed by atoms with Gasteiger partial charge in [0.25, 0.3) is 5.91 Å². The van der Waals surface area contributed by atoms with Crippen LogP contribution in [0.15, 0.2) is 6.07 Å². The molecule has 1 N–H and O–H groups in total. The second-order valence-corrected chi connectivity index (χ2v) is 4.41. The van der Waals surface area contributed by atoms with Gasteiger partial charge in [-0.1, -0.05) is 0 Å². The first-order chi connectivity index (χ1) is 6.81. The Labute approximate surface area is 87.0 Å². The lowest BCUT2D eigenvalue weighted by atomic mass is 10.2. The zero-order chi connectivity index (χ0) is 9.97. The van der Waals surface area contributed by atoms with Gasteiger partial charge in [-0.15, -0.1) is 11.3 Å². The molecule has 0 aliphatic heterocycles. The number of aryl methyl sites for hydroxylation is 2. The summed E-state index contributed by atoms with van der Waals surface area (Å²) in [6.07, 6.45) is 3.48. The minimum atomic E-state index is -0.119. The molecule has 2 rings (SSSR count). The summed E-state index contributed by atoms with van der Waals surface area (Å²) in [6, 6.07) is 1.99. The van der Waals surface area contributed by atoms with Crippen LogP contribution < -0.4 is 5.48 Å². The van der Waals surface area contributed by atoms with E-state index >= 15 is 0 Å². The van der Waals surface area contributed by atoms with Gasteiger partial charge in [0.2, 0.25) is 0 Å². The first-order valence-corrected chi connectivity index (χ1v) is 5.66. The van der Waals surface area contributed by atoms with Crippen molar-refractivity contribution in [3.63, 3.8) is 0 Å². The number of hydroxylamine groups is 1. The fraction of sp³-hybridized carbons (Fsp3) is 0.500. The predicted octanol–water partition coefficient (Wildman–Crippen LogP) is 1.92. The molecule has 4 heteroatoms. The minimum Gasteiger partial charge on any atom is -0.274 e. The van der Waals surface area contributed by atoms with Crippen LogP contribution in [0.1, 0.15) is 33.5 Å². The Bertz CT molecular complexity index is 324. The van der Waals surface area contributed by atoms with E-state index in [4.69, 9.17) is 4.84 Å². The van der Waals surface area contributed by atoms with Crippen LogP contribution in [0.4, 0.5) is 0 Å². The largest absolute Gasteiger partial charge is 0.284 e. The fourth-order valence-electron chi connectivity index (χ4n) is 1.63. The van der Waals surface area contributed by atoms with Crippen molar-refractivity contribution in [3.8, 4) is 0 Å². The molecule has 0 atom stereocenters. The van der Waals surface area contributed by atoms with Crippen molar-refractivity contribution in [1.82, 2.24) is 5.48 Å². The van der Waals surface area contributed by atoms with Gasteiger partial charge in [0.15, 0.2) is 0 Å². The number of nitrogens with one attached hydrogen (secondary N) is 1. The average Bonchev–Trinajstić information content (AvgIpc) is 2.72. The summed E-state index contributed by atoms with van der Waals surface area (Å²) in [5.41, 5.74) is 3.75. The summed E-state index contributed by atoms with van der Waals surface area (Å²) in [6.45, 7) is 2.34. The van der Waals surface area contributed by atoms with Crippen molar-refractivity contribution < 1.29 is 9.63 Å². The van der Waals surface area contributed by atoms with Crippen LogP contribution in [0.5, 0.6) is 0 Å². The second-order valence-electron chi connectivity index (χ2n) is 3.28. The molecule has 3 nitrogen and oxygen atoms in total. The molecule has 1 aromatic heterocycles. The number of carbonyl (C=O) groups excluding carboxylic acids is 1. The molecule has 0 bridgehead atoms. The van der Waals surface area contributed by atoms with E-state index in [9.17, 15) is 4.79 Å². The lowest BCUT2D eigenvalue weighted by molar-refractivity contribution is 0.0368. The van der Waals surface area contributed by atoms with Crippen molar-refractivity contribution in [1.29, 1.82) is 0 Å². The molecule has 76 valence electrons. The second kappa shape index (κ2) is 4.11. The summed E-state index contributed by atoms with van der Waals surface area (Å²) in [4.78, 5) is 18.5. The van der Waals surface area contributed by atoms with Crippen LogP contribution >= 0.6 is 11.3 Å². The smallest absolute Gasteiger partial charge is 0.274 e. The highest BCUT2D eigenvalue weighted by Crippen LogP contribution is 2.30. The van der Waals surface area contributed by atoms with Crippen LogP contribution in [0.3, 0.4) is 0 Å². The maximum Gasteiger partial charge on any atom is 0.284 e. The highest BCUT2D eigenvalue weighted by Gasteiger charge is 2.18. The molecule has 14 heavy (non-hydrogen) atoms. The van der Waals surface area contributed by atoms with E-state index in [1.165, 1.54) is 16.9 Å². The molecule has 1 aliphatic rings. The third kappa shape index (κ3) is 1.81. The Hall–Kier alpha value is -0.870. The van der Waals surface area contributed by atoms with Crippen molar-refractivity contribution >= 4 is 17.2 Å². The van der Waals surface area contributed by atoms with E-state index in [-0.39, 0.29) is 5.91 Å². The number of fused-ring (bicyclic) bond motifs is 1. The molecule has 0 aromatic carbocycles. The molecule has 0 fully saturated rings. The summed E-state index contributed by atoms with van der Waals surface area (Å²) >= 11 is 1.59. The molecule has 0 saturated heterocycles. The molecule has 1 aliphatic carbocycles. The van der Waals surface area contributed by atoms with Gasteiger partial charge in [-0.25, -0.2) is 5.48 Å². The van der Waals surface area contributed by atoms with E-state index < -0.39 is 0 Å². The lowest BCUT2D eigenvalue weighted by Gasteiger charge is -2.00. The van der Waals surface area contributed by atoms with Gasteiger partial charge in [0, 0.05) is 4.88 Å². The maximum absolute atomic E-state index is 11.5. The number of hydrogen-bond acceptors (Lipinski definition) is 3. The highest BCUT2D eigenvalue weighted by atomic mass is 32.1. The van der Waals surface area contributed by atoms with Crippen LogP contribution in [0.2, 0.25) is 0 Å². The van der Waals surface area contributed by atoms with E-state index in [1.54, 1.807) is 11.3 Å². The van der Waals surface area contributed by atoms with E-state index in [0.717, 1.165) is 17.7 Å². The quantitative estimate of drug-likeness (QED) is 0.776. The lowest BCUT2D eigenvalue weighted by Crippen LogP contribution is -2.22. The van der Waals surface area contributed by atoms with Crippen LogP contribution in [0.25, 0.3) is 0 Å². The van der Waals surface area contributed by atoms with Gasteiger partial charge in [-0.3, -0.25) is 9.63 Å². The standard InChI is InChI=1S/C10H13NO2S/c1-2-13-11-10(12)9-6-7-4-3-5-8(7)14-9/h6H,2-5H2,1H3,(H,11,12). The van der Waals surface area contributed by atoms with Crippen LogP contribution in [0, 0.1) is 0 Å². The summed E-state index contributed by atoms with van der Waals surface area (Å²) in [5.74, 6) is -0.119. The Morgan fingerprint density at radius 3 is 3.21 bits per heavy atom. The summed E-state index contributed by atoms with van der Waals surface area (Å²) in [7, 11) is 0. The molecule has 0 spiro atoms. The van der Waals surface area contributed by atoms with Gasteiger partial charge < -0.3 is 0 Å². The van der Waals surface area contributed by atoms with Gasteiger partial charge in [-0.2, -0.15) is 0 Å². The number of hydrogen-bond donors (Lipinski definition) is 1. The first kappa shape index (κ1) is 9.68. The fourth-order valence-corrected chi connectivity index (χ4v) is 2.77. The SMILES string of the molecule is CCONC(=O)c1cc2c(s1)CCC2. The molecule has 0 saturated carbocycles. The van der Waals surface area contributed by atoms with Crippen molar-refractivity contribution in [2.75, 3.05) is 6.61 Å². The Balaban J connectivity index is 2.06. The Morgan fingerprint density at radius 2 is 2.50 bits per heavy atom. The minimum absolute atomic E-state index is 0.119. The van der Waals surface area contributed by atoms with Gasteiger partial charge in [0.05, 0.1) is 11.5 Å². The third-order valence-corrected chi connectivity index (χ3v) is 3.52. The number of rotatable bonds is 3. The number of amides is 1. The molecule has 1 amide bonds. The van der Waals surface area contributed by atoms with Gasteiger partial charge in [-0.05, 0) is 37.8 Å². The zero-order valence-corrected chi connectivity index (χ0v) is 8.95. The summed E-state index contributed by atoms with van der Waals surface area (Å²) < 4.78 is 0. The zero-order valence-electron chi connectivity index (χ0n) is 8.13. The first-order valence-electron chi connectivity index (χ1n) is 4.85. The van der Waals surface area contributed by atoms with Gasteiger partial charge >= 0.3 is 0 Å². The van der Waals surface area contributed by atoms with E-state index in [2.05, 4.69) is 5.48 Å². The molecule has 1 heterocycles. The van der Waals surface area contributed by atoms with Crippen LogP contribution in [-0.4, -0.2) is 12.5 Å². The summed E-state index contributed by atoms with van der Waals surface area (Å²) in [5, 5.41) is 0. The van der Waals surface area contributed by atoms with Gasteiger partial charge in [0.1, 0.15) is 0 Å². The maximum atomic E-state index is 11.5. The molecule has 0 unspecified atom stereocenters.